The van der Waals surface area contributed by atoms with Gasteiger partial charge in [-0.25, -0.2) is 12.8 Å². The predicted molar refractivity (Wildman–Crippen MR) is 138 cm³/mol. The predicted octanol–water partition coefficient (Wildman–Crippen LogP) is 5.87. The molecule has 4 rings (SSSR count). The summed E-state index contributed by atoms with van der Waals surface area (Å²) < 4.78 is 48.2. The Kier molecular flexibility index (Phi) is 7.57. The van der Waals surface area contributed by atoms with Gasteiger partial charge in [0, 0.05) is 12.0 Å². The number of hydrogen-bond acceptors (Lipinski definition) is 4. The minimum absolute atomic E-state index is 0.00522. The van der Waals surface area contributed by atoms with Gasteiger partial charge in [-0.05, 0) is 49.2 Å². The van der Waals surface area contributed by atoms with E-state index >= 15 is 0 Å². The molecule has 6 nitrogen and oxygen atoms in total. The zero-order valence-electron chi connectivity index (χ0n) is 20.1. The smallest absolute Gasteiger partial charge is 0.264 e. The SMILES string of the molecule is CCC1(CC)C[C@H](NC(=O)CN(c2ccc(F)c(Cl)c2)S(=O)(=O)c2ccccc2)c2ccccc2O1. The molecule has 1 N–H and O–H groups in total. The molecule has 3 aromatic rings. The van der Waals surface area contributed by atoms with Crippen LogP contribution < -0.4 is 14.4 Å². The average molecular weight is 531 g/mol. The number of fused-ring (bicyclic) bond motifs is 1. The number of para-hydroxylation sites is 1. The lowest BCUT2D eigenvalue weighted by atomic mass is 9.83. The van der Waals surface area contributed by atoms with Crippen molar-refractivity contribution in [2.75, 3.05) is 10.8 Å². The van der Waals surface area contributed by atoms with Crippen LogP contribution in [-0.2, 0) is 14.8 Å². The zero-order valence-corrected chi connectivity index (χ0v) is 21.7. The molecule has 0 saturated heterocycles. The van der Waals surface area contributed by atoms with E-state index in [2.05, 4.69) is 5.32 Å². The highest BCUT2D eigenvalue weighted by atomic mass is 35.5. The first-order valence-corrected chi connectivity index (χ1v) is 13.6. The fraction of sp³-hybridized carbons (Fsp3) is 0.296. The maximum atomic E-state index is 13.8. The summed E-state index contributed by atoms with van der Waals surface area (Å²) in [5.41, 5.74) is 0.488. The number of hydrogen-bond donors (Lipinski definition) is 1. The molecule has 0 unspecified atom stereocenters. The molecule has 1 amide bonds. The topological polar surface area (TPSA) is 75.7 Å². The van der Waals surface area contributed by atoms with Gasteiger partial charge in [-0.1, -0.05) is 61.8 Å². The number of ether oxygens (including phenoxy) is 1. The molecule has 1 aliphatic rings. The van der Waals surface area contributed by atoms with E-state index in [-0.39, 0.29) is 21.6 Å². The minimum atomic E-state index is -4.15. The van der Waals surface area contributed by atoms with Crippen LogP contribution in [0.4, 0.5) is 10.1 Å². The Hall–Kier alpha value is -3.10. The molecule has 3 aromatic carbocycles. The van der Waals surface area contributed by atoms with Crippen molar-refractivity contribution in [2.45, 2.75) is 49.6 Å². The Bertz CT molecular complexity index is 1350. The Balaban J connectivity index is 1.66. The second-order valence-electron chi connectivity index (χ2n) is 8.78. The molecule has 0 radical (unpaired) electrons. The number of nitrogens with one attached hydrogen (secondary N) is 1. The highest BCUT2D eigenvalue weighted by Gasteiger charge is 2.39. The number of rotatable bonds is 8. The van der Waals surface area contributed by atoms with Crippen molar-refractivity contribution in [3.63, 3.8) is 0 Å². The Morgan fingerprint density at radius 3 is 2.42 bits per heavy atom. The van der Waals surface area contributed by atoms with Gasteiger partial charge < -0.3 is 10.1 Å². The van der Waals surface area contributed by atoms with Crippen LogP contribution in [0.25, 0.3) is 0 Å². The van der Waals surface area contributed by atoms with Gasteiger partial charge in [0.05, 0.1) is 21.6 Å². The standard InChI is InChI=1S/C27H28ClFN2O4S/c1-3-27(4-2)17-24(21-12-8-9-13-25(21)35-27)30-26(32)18-31(19-14-15-23(29)22(28)16-19)36(33,34)20-10-6-5-7-11-20/h5-16,24H,3-4,17-18H2,1-2H3,(H,30,32)/t24-/m0/s1. The first-order chi connectivity index (χ1) is 17.2. The van der Waals surface area contributed by atoms with Crippen LogP contribution >= 0.6 is 11.6 Å². The van der Waals surface area contributed by atoms with Crippen LogP contribution in [0.5, 0.6) is 5.75 Å². The van der Waals surface area contributed by atoms with Gasteiger partial charge in [-0.2, -0.15) is 0 Å². The summed E-state index contributed by atoms with van der Waals surface area (Å²) in [6, 6.07) is 18.5. The molecule has 0 bridgehead atoms. The van der Waals surface area contributed by atoms with Gasteiger partial charge in [0.15, 0.2) is 0 Å². The summed E-state index contributed by atoms with van der Waals surface area (Å²) in [6.45, 7) is 3.58. The van der Waals surface area contributed by atoms with E-state index < -0.39 is 33.9 Å². The Morgan fingerprint density at radius 1 is 1.08 bits per heavy atom. The molecule has 0 spiro atoms. The Morgan fingerprint density at radius 2 is 1.75 bits per heavy atom. The molecule has 0 aromatic heterocycles. The van der Waals surface area contributed by atoms with E-state index in [1.165, 1.54) is 24.3 Å². The van der Waals surface area contributed by atoms with Crippen LogP contribution in [0.2, 0.25) is 5.02 Å². The third kappa shape index (κ3) is 5.20. The molecule has 0 aliphatic carbocycles. The third-order valence-corrected chi connectivity index (χ3v) is 8.71. The monoisotopic (exact) mass is 530 g/mol. The van der Waals surface area contributed by atoms with E-state index in [9.17, 15) is 17.6 Å². The molecule has 1 atom stereocenters. The lowest BCUT2D eigenvalue weighted by Crippen LogP contribution is -2.47. The summed E-state index contributed by atoms with van der Waals surface area (Å²) in [4.78, 5) is 13.4. The molecular formula is C27H28ClFN2O4S. The fourth-order valence-corrected chi connectivity index (χ4v) is 6.08. The van der Waals surface area contributed by atoms with Gasteiger partial charge in [0.25, 0.3) is 10.0 Å². The first kappa shape index (κ1) is 26.0. The second-order valence-corrected chi connectivity index (χ2v) is 11.0. The van der Waals surface area contributed by atoms with Crippen molar-refractivity contribution < 1.29 is 22.3 Å². The number of sulfonamides is 1. The number of amides is 1. The van der Waals surface area contributed by atoms with Gasteiger partial charge in [0.2, 0.25) is 5.91 Å². The number of anilines is 1. The second kappa shape index (κ2) is 10.5. The third-order valence-electron chi connectivity index (χ3n) is 6.63. The van der Waals surface area contributed by atoms with Crippen molar-refractivity contribution >= 4 is 33.2 Å². The first-order valence-electron chi connectivity index (χ1n) is 11.8. The number of nitrogens with zero attached hydrogens (tertiary/aromatic N) is 1. The van der Waals surface area contributed by atoms with Crippen molar-refractivity contribution in [3.8, 4) is 5.75 Å². The highest BCUT2D eigenvalue weighted by molar-refractivity contribution is 7.92. The van der Waals surface area contributed by atoms with Crippen molar-refractivity contribution in [3.05, 3.63) is 89.2 Å². The van der Waals surface area contributed by atoms with Gasteiger partial charge in [0.1, 0.15) is 23.7 Å². The van der Waals surface area contributed by atoms with Crippen molar-refractivity contribution in [1.82, 2.24) is 5.32 Å². The summed E-state index contributed by atoms with van der Waals surface area (Å²) in [5, 5.41) is 2.78. The number of carbonyl (C=O) groups is 1. The molecule has 36 heavy (non-hydrogen) atoms. The molecule has 1 heterocycles. The highest BCUT2D eigenvalue weighted by Crippen LogP contribution is 2.42. The van der Waals surface area contributed by atoms with Crippen molar-refractivity contribution in [1.29, 1.82) is 0 Å². The maximum Gasteiger partial charge on any atom is 0.264 e. The minimum Gasteiger partial charge on any atom is -0.487 e. The number of carbonyl (C=O) groups excluding carboxylic acids is 1. The van der Waals surface area contributed by atoms with Crippen LogP contribution in [0.1, 0.15) is 44.7 Å². The van der Waals surface area contributed by atoms with Gasteiger partial charge in [-0.15, -0.1) is 0 Å². The summed E-state index contributed by atoms with van der Waals surface area (Å²) >= 11 is 5.95. The lowest BCUT2D eigenvalue weighted by Gasteiger charge is -2.41. The van der Waals surface area contributed by atoms with Crippen molar-refractivity contribution in [2.24, 2.45) is 0 Å². The summed E-state index contributed by atoms with van der Waals surface area (Å²) in [5.74, 6) is -0.481. The Labute approximate surface area is 216 Å². The largest absolute Gasteiger partial charge is 0.487 e. The molecule has 190 valence electrons. The van der Waals surface area contributed by atoms with Crippen LogP contribution in [0.3, 0.4) is 0 Å². The van der Waals surface area contributed by atoms with Gasteiger partial charge >= 0.3 is 0 Å². The lowest BCUT2D eigenvalue weighted by molar-refractivity contribution is -0.121. The summed E-state index contributed by atoms with van der Waals surface area (Å²) in [6.07, 6.45) is 2.07. The van der Waals surface area contributed by atoms with E-state index in [1.807, 2.05) is 38.1 Å². The van der Waals surface area contributed by atoms with Crippen LogP contribution in [-0.4, -0.2) is 26.5 Å². The molecule has 0 fully saturated rings. The average Bonchev–Trinajstić information content (AvgIpc) is 2.89. The fourth-order valence-electron chi connectivity index (χ4n) is 4.48. The molecule has 0 saturated carbocycles. The van der Waals surface area contributed by atoms with Gasteiger partial charge in [-0.3, -0.25) is 9.10 Å². The molecular weight excluding hydrogens is 503 g/mol. The molecule has 9 heteroatoms. The van der Waals surface area contributed by atoms with E-state index in [0.29, 0.717) is 12.2 Å². The van der Waals surface area contributed by atoms with E-state index in [0.717, 1.165) is 28.8 Å². The zero-order chi connectivity index (χ0) is 25.9. The summed E-state index contributed by atoms with van der Waals surface area (Å²) in [7, 11) is -4.15. The maximum absolute atomic E-state index is 13.8. The quantitative estimate of drug-likeness (QED) is 0.395. The molecule has 1 aliphatic heterocycles. The van der Waals surface area contributed by atoms with E-state index in [1.54, 1.807) is 18.2 Å². The number of benzene rings is 3. The number of halogens is 2. The van der Waals surface area contributed by atoms with Crippen LogP contribution in [0.15, 0.2) is 77.7 Å². The van der Waals surface area contributed by atoms with Crippen LogP contribution in [0, 0.1) is 5.82 Å². The van der Waals surface area contributed by atoms with E-state index in [4.69, 9.17) is 16.3 Å². The normalized spacial score (nSPS) is 16.5.